The quantitative estimate of drug-likeness (QED) is 0.817. The number of halogens is 2. The fourth-order valence-corrected chi connectivity index (χ4v) is 3.72. The van der Waals surface area contributed by atoms with Crippen LogP contribution >= 0.6 is 0 Å². The van der Waals surface area contributed by atoms with Gasteiger partial charge < -0.3 is 10.1 Å². The number of hydrogen-bond acceptors (Lipinski definition) is 2. The molecule has 1 saturated carbocycles. The van der Waals surface area contributed by atoms with Crippen LogP contribution in [-0.2, 0) is 0 Å². The molecule has 0 amide bonds. The normalized spacial score (nSPS) is 24.0. The van der Waals surface area contributed by atoms with Crippen molar-refractivity contribution in [3.05, 3.63) is 29.8 Å². The van der Waals surface area contributed by atoms with E-state index in [-0.39, 0.29) is 6.04 Å². The Morgan fingerprint density at radius 2 is 1.95 bits per heavy atom. The Morgan fingerprint density at radius 3 is 2.62 bits per heavy atom. The number of alkyl halides is 2. The lowest BCUT2D eigenvalue weighted by atomic mass is 9.72. The van der Waals surface area contributed by atoms with Crippen molar-refractivity contribution in [3.63, 3.8) is 0 Å². The van der Waals surface area contributed by atoms with Gasteiger partial charge in [-0.3, -0.25) is 0 Å². The molecule has 0 spiro atoms. The first-order chi connectivity index (χ1) is 10.2. The van der Waals surface area contributed by atoms with E-state index in [1.54, 1.807) is 12.1 Å². The Hall–Kier alpha value is -1.16. The SMILES string of the molecule is CCC1CCCCC1C(NC)c1ccccc1OC(F)F. The fraction of sp³-hybridized carbons (Fsp3) is 0.647. The number of nitrogens with one attached hydrogen (secondary N) is 1. The number of para-hydroxylation sites is 1. The Labute approximate surface area is 125 Å². The van der Waals surface area contributed by atoms with Crippen molar-refractivity contribution >= 4 is 0 Å². The van der Waals surface area contributed by atoms with Crippen LogP contribution in [-0.4, -0.2) is 13.7 Å². The van der Waals surface area contributed by atoms with Gasteiger partial charge in [-0.1, -0.05) is 50.8 Å². The van der Waals surface area contributed by atoms with E-state index in [9.17, 15) is 8.78 Å². The average Bonchev–Trinajstić information content (AvgIpc) is 2.49. The van der Waals surface area contributed by atoms with E-state index in [1.807, 2.05) is 19.2 Å². The molecule has 3 unspecified atom stereocenters. The van der Waals surface area contributed by atoms with Gasteiger partial charge >= 0.3 is 6.61 Å². The molecule has 0 saturated heterocycles. The fourth-order valence-electron chi connectivity index (χ4n) is 3.72. The van der Waals surface area contributed by atoms with Gasteiger partial charge in [0, 0.05) is 11.6 Å². The number of rotatable bonds is 6. The standard InChI is InChI=1S/C17H25F2NO/c1-3-12-8-4-5-9-13(12)16(20-2)14-10-6-7-11-15(14)21-17(18)19/h6-7,10-13,16-17,20H,3-5,8-9H2,1-2H3. The summed E-state index contributed by atoms with van der Waals surface area (Å²) < 4.78 is 29.9. The van der Waals surface area contributed by atoms with Crippen molar-refractivity contribution < 1.29 is 13.5 Å². The first kappa shape index (κ1) is 16.2. The molecule has 118 valence electrons. The van der Waals surface area contributed by atoms with Crippen LogP contribution in [0.25, 0.3) is 0 Å². The van der Waals surface area contributed by atoms with E-state index in [0.717, 1.165) is 18.4 Å². The maximum Gasteiger partial charge on any atom is 0.387 e. The van der Waals surface area contributed by atoms with E-state index in [2.05, 4.69) is 12.2 Å². The Kier molecular flexibility index (Phi) is 5.97. The molecular weight excluding hydrogens is 272 g/mol. The number of benzene rings is 1. The third-order valence-electron chi connectivity index (χ3n) is 4.70. The average molecular weight is 297 g/mol. The lowest BCUT2D eigenvalue weighted by Gasteiger charge is -2.37. The third kappa shape index (κ3) is 3.94. The highest BCUT2D eigenvalue weighted by molar-refractivity contribution is 5.36. The van der Waals surface area contributed by atoms with E-state index < -0.39 is 6.61 Å². The first-order valence-corrected chi connectivity index (χ1v) is 7.88. The second kappa shape index (κ2) is 7.74. The molecule has 1 N–H and O–H groups in total. The summed E-state index contributed by atoms with van der Waals surface area (Å²) in [5.74, 6) is 1.43. The molecule has 1 fully saturated rings. The predicted octanol–water partition coefficient (Wildman–Crippen LogP) is 4.76. The molecule has 1 aromatic carbocycles. The van der Waals surface area contributed by atoms with Crippen molar-refractivity contribution in [1.29, 1.82) is 0 Å². The predicted molar refractivity (Wildman–Crippen MR) is 80.6 cm³/mol. The van der Waals surface area contributed by atoms with Crippen molar-refractivity contribution in [2.24, 2.45) is 11.8 Å². The van der Waals surface area contributed by atoms with Gasteiger partial charge in [-0.05, 0) is 31.4 Å². The van der Waals surface area contributed by atoms with Crippen LogP contribution in [0.15, 0.2) is 24.3 Å². The summed E-state index contributed by atoms with van der Waals surface area (Å²) in [7, 11) is 1.91. The van der Waals surface area contributed by atoms with Crippen LogP contribution in [0.3, 0.4) is 0 Å². The molecule has 4 heteroatoms. The molecule has 1 aliphatic carbocycles. The topological polar surface area (TPSA) is 21.3 Å². The summed E-state index contributed by atoms with van der Waals surface area (Å²) in [6, 6.07) is 7.24. The minimum atomic E-state index is -2.78. The molecule has 0 aromatic heterocycles. The zero-order valence-electron chi connectivity index (χ0n) is 12.8. The Bertz CT molecular complexity index is 439. The van der Waals surface area contributed by atoms with Gasteiger partial charge in [0.05, 0.1) is 0 Å². The zero-order chi connectivity index (χ0) is 15.2. The van der Waals surface area contributed by atoms with E-state index in [4.69, 9.17) is 4.74 Å². The molecule has 21 heavy (non-hydrogen) atoms. The van der Waals surface area contributed by atoms with Gasteiger partial charge in [0.25, 0.3) is 0 Å². The van der Waals surface area contributed by atoms with Crippen LogP contribution < -0.4 is 10.1 Å². The molecule has 2 rings (SSSR count). The Morgan fingerprint density at radius 1 is 1.24 bits per heavy atom. The summed E-state index contributed by atoms with van der Waals surface area (Å²) >= 11 is 0. The van der Waals surface area contributed by atoms with Crippen LogP contribution in [0.2, 0.25) is 0 Å². The van der Waals surface area contributed by atoms with Crippen molar-refractivity contribution in [2.75, 3.05) is 7.05 Å². The minimum absolute atomic E-state index is 0.0743. The van der Waals surface area contributed by atoms with Gasteiger partial charge in [-0.25, -0.2) is 0 Å². The highest BCUT2D eigenvalue weighted by Gasteiger charge is 2.32. The van der Waals surface area contributed by atoms with Crippen molar-refractivity contribution in [1.82, 2.24) is 5.32 Å². The van der Waals surface area contributed by atoms with Crippen LogP contribution in [0.5, 0.6) is 5.75 Å². The van der Waals surface area contributed by atoms with Crippen molar-refractivity contribution in [3.8, 4) is 5.75 Å². The smallest absolute Gasteiger partial charge is 0.387 e. The second-order valence-electron chi connectivity index (χ2n) is 5.80. The maximum atomic E-state index is 12.6. The molecule has 0 radical (unpaired) electrons. The van der Waals surface area contributed by atoms with E-state index in [0.29, 0.717) is 17.6 Å². The monoisotopic (exact) mass is 297 g/mol. The molecule has 1 aromatic rings. The second-order valence-corrected chi connectivity index (χ2v) is 5.80. The molecule has 0 aliphatic heterocycles. The van der Waals surface area contributed by atoms with E-state index in [1.165, 1.54) is 19.3 Å². The molecule has 3 atom stereocenters. The summed E-state index contributed by atoms with van der Waals surface area (Å²) in [6.07, 6.45) is 6.02. The highest BCUT2D eigenvalue weighted by atomic mass is 19.3. The zero-order valence-corrected chi connectivity index (χ0v) is 12.8. The molecule has 1 aliphatic rings. The number of ether oxygens (including phenoxy) is 1. The van der Waals surface area contributed by atoms with Gasteiger partial charge in [-0.2, -0.15) is 8.78 Å². The van der Waals surface area contributed by atoms with Crippen molar-refractivity contribution in [2.45, 2.75) is 51.7 Å². The molecular formula is C17H25F2NO. The summed E-state index contributed by atoms with van der Waals surface area (Å²) in [6.45, 7) is -0.561. The highest BCUT2D eigenvalue weighted by Crippen LogP contribution is 2.42. The minimum Gasteiger partial charge on any atom is -0.434 e. The number of hydrogen-bond donors (Lipinski definition) is 1. The lowest BCUT2D eigenvalue weighted by molar-refractivity contribution is -0.0510. The van der Waals surface area contributed by atoms with Gasteiger partial charge in [0.15, 0.2) is 0 Å². The van der Waals surface area contributed by atoms with Gasteiger partial charge in [0.2, 0.25) is 0 Å². The van der Waals surface area contributed by atoms with Crippen LogP contribution in [0.1, 0.15) is 50.6 Å². The molecule has 0 heterocycles. The molecule has 2 nitrogen and oxygen atoms in total. The summed E-state index contributed by atoms with van der Waals surface area (Å²) in [4.78, 5) is 0. The largest absolute Gasteiger partial charge is 0.434 e. The maximum absolute atomic E-state index is 12.6. The van der Waals surface area contributed by atoms with Crippen LogP contribution in [0.4, 0.5) is 8.78 Å². The van der Waals surface area contributed by atoms with Gasteiger partial charge in [-0.15, -0.1) is 0 Å². The van der Waals surface area contributed by atoms with E-state index >= 15 is 0 Å². The summed E-state index contributed by atoms with van der Waals surface area (Å²) in [5, 5.41) is 3.34. The molecule has 0 bridgehead atoms. The Balaban J connectivity index is 2.27. The third-order valence-corrected chi connectivity index (χ3v) is 4.70. The summed E-state index contributed by atoms with van der Waals surface area (Å²) in [5.41, 5.74) is 0.852. The van der Waals surface area contributed by atoms with Crippen LogP contribution in [0, 0.1) is 11.8 Å². The lowest BCUT2D eigenvalue weighted by Crippen LogP contribution is -2.33. The van der Waals surface area contributed by atoms with Gasteiger partial charge in [0.1, 0.15) is 5.75 Å². The first-order valence-electron chi connectivity index (χ1n) is 7.88.